The number of nitrogens with two attached hydrogens (primary N) is 1. The van der Waals surface area contributed by atoms with Crippen LogP contribution in [-0.4, -0.2) is 6.04 Å². The molecule has 0 saturated heterocycles. The first kappa shape index (κ1) is 12.2. The van der Waals surface area contributed by atoms with Crippen LogP contribution in [0.5, 0.6) is 0 Å². The van der Waals surface area contributed by atoms with Crippen molar-refractivity contribution in [2.75, 3.05) is 0 Å². The molecule has 1 rings (SSSR count). The van der Waals surface area contributed by atoms with Crippen LogP contribution in [0, 0.1) is 5.82 Å². The molecular formula is C12H15ClFN. The van der Waals surface area contributed by atoms with Crippen LogP contribution < -0.4 is 5.73 Å². The van der Waals surface area contributed by atoms with E-state index >= 15 is 0 Å². The van der Waals surface area contributed by atoms with Gasteiger partial charge in [0.15, 0.2) is 0 Å². The van der Waals surface area contributed by atoms with Gasteiger partial charge in [-0.25, -0.2) is 4.39 Å². The first-order valence-corrected chi connectivity index (χ1v) is 5.22. The molecule has 2 N–H and O–H groups in total. The lowest BCUT2D eigenvalue weighted by atomic mass is 10.0. The predicted molar refractivity (Wildman–Crippen MR) is 62.5 cm³/mol. The van der Waals surface area contributed by atoms with Gasteiger partial charge in [-0.2, -0.15) is 0 Å². The van der Waals surface area contributed by atoms with E-state index < -0.39 is 0 Å². The second-order valence-corrected chi connectivity index (χ2v) is 4.22. The number of allylic oxidation sites excluding steroid dienone is 1. The number of hydrogen-bond donors (Lipinski definition) is 1. The molecule has 0 aromatic heterocycles. The lowest BCUT2D eigenvalue weighted by Crippen LogP contribution is -2.21. The van der Waals surface area contributed by atoms with Crippen molar-refractivity contribution >= 4 is 11.6 Å². The standard InChI is InChI=1S/C12H15ClFN/c1-8(2)6-9(15)7-10-11(13)4-3-5-12(10)14/h3-6,9H,7,15H2,1-2H3. The van der Waals surface area contributed by atoms with Gasteiger partial charge in [0.05, 0.1) is 0 Å². The number of hydrogen-bond acceptors (Lipinski definition) is 1. The Morgan fingerprint density at radius 2 is 2.20 bits per heavy atom. The Kier molecular flexibility index (Phi) is 4.30. The van der Waals surface area contributed by atoms with Crippen molar-refractivity contribution in [3.05, 3.63) is 46.3 Å². The highest BCUT2D eigenvalue weighted by Gasteiger charge is 2.09. The highest BCUT2D eigenvalue weighted by molar-refractivity contribution is 6.31. The molecule has 1 atom stereocenters. The summed E-state index contributed by atoms with van der Waals surface area (Å²) in [5, 5.41) is 0.438. The molecule has 0 aliphatic heterocycles. The summed E-state index contributed by atoms with van der Waals surface area (Å²) in [6, 6.07) is 4.48. The average molecular weight is 228 g/mol. The fourth-order valence-corrected chi connectivity index (χ4v) is 1.69. The molecule has 1 aromatic rings. The van der Waals surface area contributed by atoms with Crippen molar-refractivity contribution in [3.8, 4) is 0 Å². The summed E-state index contributed by atoms with van der Waals surface area (Å²) in [5.41, 5.74) is 7.45. The summed E-state index contributed by atoms with van der Waals surface area (Å²) in [7, 11) is 0. The van der Waals surface area contributed by atoms with Crippen LogP contribution in [0.25, 0.3) is 0 Å². The highest BCUT2D eigenvalue weighted by atomic mass is 35.5. The summed E-state index contributed by atoms with van der Waals surface area (Å²) in [6.45, 7) is 3.92. The van der Waals surface area contributed by atoms with Gasteiger partial charge in [-0.05, 0) is 32.4 Å². The van der Waals surface area contributed by atoms with E-state index in [4.69, 9.17) is 17.3 Å². The van der Waals surface area contributed by atoms with E-state index in [2.05, 4.69) is 0 Å². The molecule has 3 heteroatoms. The molecule has 1 aromatic carbocycles. The normalized spacial score (nSPS) is 12.3. The van der Waals surface area contributed by atoms with Gasteiger partial charge >= 0.3 is 0 Å². The fraction of sp³-hybridized carbons (Fsp3) is 0.333. The minimum Gasteiger partial charge on any atom is -0.324 e. The van der Waals surface area contributed by atoms with Crippen LogP contribution in [0.2, 0.25) is 5.02 Å². The molecule has 15 heavy (non-hydrogen) atoms. The maximum atomic E-state index is 13.4. The van der Waals surface area contributed by atoms with E-state index in [-0.39, 0.29) is 11.9 Å². The molecule has 0 amide bonds. The van der Waals surface area contributed by atoms with Crippen molar-refractivity contribution < 1.29 is 4.39 Å². The Hall–Kier alpha value is -0.860. The quantitative estimate of drug-likeness (QED) is 0.788. The molecule has 0 saturated carbocycles. The molecule has 0 radical (unpaired) electrons. The Bertz CT molecular complexity index is 350. The Morgan fingerprint density at radius 3 is 2.73 bits per heavy atom. The summed E-state index contributed by atoms with van der Waals surface area (Å²) >= 11 is 5.89. The summed E-state index contributed by atoms with van der Waals surface area (Å²) in [6.07, 6.45) is 2.33. The van der Waals surface area contributed by atoms with E-state index in [9.17, 15) is 4.39 Å². The third-order valence-electron chi connectivity index (χ3n) is 2.05. The smallest absolute Gasteiger partial charge is 0.127 e. The Morgan fingerprint density at radius 1 is 1.53 bits per heavy atom. The zero-order chi connectivity index (χ0) is 11.4. The Balaban J connectivity index is 2.85. The Labute approximate surface area is 94.7 Å². The number of benzene rings is 1. The minimum atomic E-state index is -0.292. The molecule has 0 aliphatic carbocycles. The largest absolute Gasteiger partial charge is 0.324 e. The van der Waals surface area contributed by atoms with Gasteiger partial charge in [-0.3, -0.25) is 0 Å². The lowest BCUT2D eigenvalue weighted by molar-refractivity contribution is 0.602. The molecular weight excluding hydrogens is 213 g/mol. The van der Waals surface area contributed by atoms with Crippen LogP contribution in [0.15, 0.2) is 29.8 Å². The van der Waals surface area contributed by atoms with Crippen molar-refractivity contribution in [2.24, 2.45) is 5.73 Å². The van der Waals surface area contributed by atoms with Gasteiger partial charge in [-0.15, -0.1) is 0 Å². The lowest BCUT2D eigenvalue weighted by Gasteiger charge is -2.10. The molecule has 0 heterocycles. The summed E-state index contributed by atoms with van der Waals surface area (Å²) in [4.78, 5) is 0. The zero-order valence-electron chi connectivity index (χ0n) is 8.93. The topological polar surface area (TPSA) is 26.0 Å². The van der Waals surface area contributed by atoms with Gasteiger partial charge in [-0.1, -0.05) is 29.3 Å². The first-order valence-electron chi connectivity index (χ1n) is 4.84. The van der Waals surface area contributed by atoms with Crippen LogP contribution in [0.1, 0.15) is 19.4 Å². The summed E-state index contributed by atoms with van der Waals surface area (Å²) in [5.74, 6) is -0.292. The van der Waals surface area contributed by atoms with Crippen molar-refractivity contribution in [2.45, 2.75) is 26.3 Å². The average Bonchev–Trinajstić information content (AvgIpc) is 2.10. The third kappa shape index (κ3) is 3.65. The molecule has 0 bridgehead atoms. The second kappa shape index (κ2) is 5.29. The minimum absolute atomic E-state index is 0.190. The third-order valence-corrected chi connectivity index (χ3v) is 2.40. The maximum Gasteiger partial charge on any atom is 0.127 e. The zero-order valence-corrected chi connectivity index (χ0v) is 9.68. The second-order valence-electron chi connectivity index (χ2n) is 3.81. The molecule has 1 unspecified atom stereocenters. The maximum absolute atomic E-state index is 13.4. The SMILES string of the molecule is CC(C)=CC(N)Cc1c(F)cccc1Cl. The van der Waals surface area contributed by atoms with E-state index in [0.29, 0.717) is 17.0 Å². The van der Waals surface area contributed by atoms with Crippen molar-refractivity contribution in [3.63, 3.8) is 0 Å². The molecule has 1 nitrogen and oxygen atoms in total. The fourth-order valence-electron chi connectivity index (χ4n) is 1.45. The predicted octanol–water partition coefficient (Wildman–Crippen LogP) is 3.32. The van der Waals surface area contributed by atoms with E-state index in [1.165, 1.54) is 6.07 Å². The van der Waals surface area contributed by atoms with E-state index in [1.807, 2.05) is 19.9 Å². The van der Waals surface area contributed by atoms with Crippen molar-refractivity contribution in [1.29, 1.82) is 0 Å². The van der Waals surface area contributed by atoms with Gasteiger partial charge in [0.2, 0.25) is 0 Å². The number of halogens is 2. The van der Waals surface area contributed by atoms with Gasteiger partial charge in [0.25, 0.3) is 0 Å². The molecule has 0 spiro atoms. The number of rotatable bonds is 3. The summed E-state index contributed by atoms with van der Waals surface area (Å²) < 4.78 is 13.4. The first-order chi connectivity index (χ1) is 7.00. The molecule has 0 fully saturated rings. The van der Waals surface area contributed by atoms with Crippen LogP contribution >= 0.6 is 11.6 Å². The van der Waals surface area contributed by atoms with Gasteiger partial charge in [0.1, 0.15) is 5.82 Å². The van der Waals surface area contributed by atoms with Gasteiger partial charge in [0, 0.05) is 16.6 Å². The van der Waals surface area contributed by atoms with Crippen molar-refractivity contribution in [1.82, 2.24) is 0 Å². The molecule has 0 aliphatic rings. The van der Waals surface area contributed by atoms with E-state index in [0.717, 1.165) is 5.57 Å². The van der Waals surface area contributed by atoms with Crippen LogP contribution in [0.3, 0.4) is 0 Å². The monoisotopic (exact) mass is 227 g/mol. The molecule has 82 valence electrons. The van der Waals surface area contributed by atoms with Crippen LogP contribution in [0.4, 0.5) is 4.39 Å². The van der Waals surface area contributed by atoms with Gasteiger partial charge < -0.3 is 5.73 Å². The van der Waals surface area contributed by atoms with E-state index in [1.54, 1.807) is 12.1 Å². The highest BCUT2D eigenvalue weighted by Crippen LogP contribution is 2.20. The van der Waals surface area contributed by atoms with Crippen LogP contribution in [-0.2, 0) is 6.42 Å².